The quantitative estimate of drug-likeness (QED) is 0.733. The lowest BCUT2D eigenvalue weighted by molar-refractivity contribution is -0.128. The first-order valence-corrected chi connectivity index (χ1v) is 6.32. The Morgan fingerprint density at radius 2 is 2.15 bits per heavy atom. The molecule has 1 aromatic rings. The zero-order chi connectivity index (χ0) is 15.3. The molecule has 0 bridgehead atoms. The molecule has 0 aromatic carbocycles. The first kappa shape index (κ1) is 16.4. The van der Waals surface area contributed by atoms with E-state index in [0.29, 0.717) is 5.01 Å². The number of halogens is 3. The number of carboxylic acids is 1. The number of carboxylic acid groups (broad SMARTS) is 1. The number of aromatic carboxylic acids is 1. The summed E-state index contributed by atoms with van der Waals surface area (Å²) in [6.45, 7) is -0.178. The van der Waals surface area contributed by atoms with Gasteiger partial charge in [-0.2, -0.15) is 13.2 Å². The molecule has 1 amide bonds. The number of nitrogens with one attached hydrogen (secondary N) is 2. The summed E-state index contributed by atoms with van der Waals surface area (Å²) in [6, 6.07) is -0.576. The first-order chi connectivity index (χ1) is 9.19. The van der Waals surface area contributed by atoms with E-state index in [1.54, 1.807) is 6.92 Å². The summed E-state index contributed by atoms with van der Waals surface area (Å²) in [7, 11) is 0. The van der Waals surface area contributed by atoms with Crippen molar-refractivity contribution in [2.24, 2.45) is 0 Å². The molecule has 10 heteroatoms. The van der Waals surface area contributed by atoms with E-state index in [4.69, 9.17) is 5.11 Å². The smallest absolute Gasteiger partial charge is 0.401 e. The third-order valence-corrected chi connectivity index (χ3v) is 3.13. The highest BCUT2D eigenvalue weighted by atomic mass is 32.1. The minimum Gasteiger partial charge on any atom is -0.476 e. The lowest BCUT2D eigenvalue weighted by Gasteiger charge is -2.12. The van der Waals surface area contributed by atoms with Gasteiger partial charge in [0.05, 0.1) is 19.1 Å². The molecule has 6 nitrogen and oxygen atoms in total. The van der Waals surface area contributed by atoms with Crippen molar-refractivity contribution < 1.29 is 27.9 Å². The Kier molecular flexibility index (Phi) is 5.45. The SMILES string of the molecule is CC(NC(=O)CNCC(F)(F)F)c1nc(C(=O)O)cs1. The molecule has 0 saturated carbocycles. The molecule has 1 heterocycles. The van der Waals surface area contributed by atoms with Gasteiger partial charge in [0.15, 0.2) is 5.69 Å². The lowest BCUT2D eigenvalue weighted by atomic mass is 10.3. The number of nitrogens with zero attached hydrogens (tertiary/aromatic N) is 1. The summed E-state index contributed by atoms with van der Waals surface area (Å²) in [4.78, 5) is 25.8. The van der Waals surface area contributed by atoms with Crippen LogP contribution in [-0.2, 0) is 4.79 Å². The molecule has 1 atom stereocenters. The predicted octanol–water partition coefficient (Wildman–Crippen LogP) is 1.17. The second-order valence-corrected chi connectivity index (χ2v) is 4.77. The molecule has 0 aliphatic rings. The third kappa shape index (κ3) is 5.53. The number of carbonyl (C=O) groups is 2. The van der Waals surface area contributed by atoms with Gasteiger partial charge in [0.25, 0.3) is 0 Å². The van der Waals surface area contributed by atoms with E-state index in [2.05, 4.69) is 10.3 Å². The molecule has 0 spiro atoms. The summed E-state index contributed by atoms with van der Waals surface area (Å²) in [5.41, 5.74) is -0.138. The zero-order valence-electron chi connectivity index (χ0n) is 10.3. The van der Waals surface area contributed by atoms with Gasteiger partial charge in [0, 0.05) is 5.38 Å². The van der Waals surface area contributed by atoms with Crippen LogP contribution >= 0.6 is 11.3 Å². The molecular weight excluding hydrogens is 299 g/mol. The summed E-state index contributed by atoms with van der Waals surface area (Å²) in [5, 5.41) is 14.8. The molecule has 20 heavy (non-hydrogen) atoms. The van der Waals surface area contributed by atoms with Crippen LogP contribution in [-0.4, -0.2) is 41.2 Å². The zero-order valence-corrected chi connectivity index (χ0v) is 11.1. The van der Waals surface area contributed by atoms with E-state index in [-0.39, 0.29) is 5.69 Å². The van der Waals surface area contributed by atoms with E-state index in [9.17, 15) is 22.8 Å². The second-order valence-electron chi connectivity index (χ2n) is 3.88. The Hall–Kier alpha value is -1.68. The topological polar surface area (TPSA) is 91.3 Å². The van der Waals surface area contributed by atoms with E-state index in [1.807, 2.05) is 5.32 Å². The third-order valence-electron chi connectivity index (χ3n) is 2.10. The van der Waals surface area contributed by atoms with E-state index < -0.39 is 37.2 Å². The summed E-state index contributed by atoms with van der Waals surface area (Å²) < 4.78 is 35.6. The Balaban J connectivity index is 2.42. The van der Waals surface area contributed by atoms with Gasteiger partial charge in [0.2, 0.25) is 5.91 Å². The number of hydrogen-bond acceptors (Lipinski definition) is 5. The van der Waals surface area contributed by atoms with Crippen LogP contribution in [0.25, 0.3) is 0 Å². The van der Waals surface area contributed by atoms with Gasteiger partial charge >= 0.3 is 12.1 Å². The number of thiazole rings is 1. The number of alkyl halides is 3. The van der Waals surface area contributed by atoms with Gasteiger partial charge in [-0.3, -0.25) is 4.79 Å². The Labute approximate surface area is 116 Å². The minimum atomic E-state index is -4.38. The Morgan fingerprint density at radius 3 is 2.65 bits per heavy atom. The number of rotatable bonds is 6. The summed E-state index contributed by atoms with van der Waals surface area (Å²) in [6.07, 6.45) is -4.38. The normalized spacial score (nSPS) is 13.0. The maximum absolute atomic E-state index is 11.9. The maximum atomic E-state index is 11.9. The van der Waals surface area contributed by atoms with Gasteiger partial charge in [-0.25, -0.2) is 9.78 Å². The number of carbonyl (C=O) groups excluding carboxylic acids is 1. The highest BCUT2D eigenvalue weighted by molar-refractivity contribution is 7.09. The van der Waals surface area contributed by atoms with Crippen molar-refractivity contribution in [3.8, 4) is 0 Å². The van der Waals surface area contributed by atoms with Crippen molar-refractivity contribution >= 4 is 23.2 Å². The van der Waals surface area contributed by atoms with Crippen LogP contribution in [0.3, 0.4) is 0 Å². The van der Waals surface area contributed by atoms with Crippen molar-refractivity contribution in [2.75, 3.05) is 13.1 Å². The van der Waals surface area contributed by atoms with Crippen LogP contribution in [0.4, 0.5) is 13.2 Å². The molecule has 112 valence electrons. The van der Waals surface area contributed by atoms with Crippen LogP contribution in [0, 0.1) is 0 Å². The highest BCUT2D eigenvalue weighted by Crippen LogP contribution is 2.17. The Morgan fingerprint density at radius 1 is 1.50 bits per heavy atom. The average molecular weight is 311 g/mol. The van der Waals surface area contributed by atoms with Crippen LogP contribution in [0.2, 0.25) is 0 Å². The van der Waals surface area contributed by atoms with E-state index >= 15 is 0 Å². The molecule has 3 N–H and O–H groups in total. The van der Waals surface area contributed by atoms with Crippen LogP contribution in [0.1, 0.15) is 28.5 Å². The Bertz CT molecular complexity index is 490. The number of aromatic nitrogens is 1. The van der Waals surface area contributed by atoms with Crippen molar-refractivity contribution in [1.29, 1.82) is 0 Å². The standard InChI is InChI=1S/C10H12F3N3O3S/c1-5(8-16-6(3-20-8)9(18)19)15-7(17)2-14-4-10(11,12)13/h3,5,14H,2,4H2,1H3,(H,15,17)(H,18,19). The van der Waals surface area contributed by atoms with Gasteiger partial charge in [-0.1, -0.05) is 0 Å². The van der Waals surface area contributed by atoms with Gasteiger partial charge in [-0.05, 0) is 6.92 Å². The molecule has 0 fully saturated rings. The van der Waals surface area contributed by atoms with Crippen molar-refractivity contribution in [3.63, 3.8) is 0 Å². The van der Waals surface area contributed by atoms with Crippen molar-refractivity contribution in [2.45, 2.75) is 19.1 Å². The van der Waals surface area contributed by atoms with Crippen LogP contribution in [0.5, 0.6) is 0 Å². The largest absolute Gasteiger partial charge is 0.476 e. The van der Waals surface area contributed by atoms with Crippen molar-refractivity contribution in [3.05, 3.63) is 16.1 Å². The van der Waals surface area contributed by atoms with Gasteiger partial charge in [-0.15, -0.1) is 11.3 Å². The van der Waals surface area contributed by atoms with E-state index in [1.165, 1.54) is 5.38 Å². The highest BCUT2D eigenvalue weighted by Gasteiger charge is 2.26. The molecule has 1 aromatic heterocycles. The fourth-order valence-electron chi connectivity index (χ4n) is 1.26. The lowest BCUT2D eigenvalue weighted by Crippen LogP contribution is -2.39. The number of amides is 1. The summed E-state index contributed by atoms with van der Waals surface area (Å²) in [5.74, 6) is -1.81. The van der Waals surface area contributed by atoms with Gasteiger partial charge in [0.1, 0.15) is 5.01 Å². The van der Waals surface area contributed by atoms with Gasteiger partial charge < -0.3 is 15.7 Å². The fraction of sp³-hybridized carbons (Fsp3) is 0.500. The molecule has 0 saturated heterocycles. The predicted molar refractivity (Wildman–Crippen MR) is 64.6 cm³/mol. The molecule has 0 aliphatic carbocycles. The molecule has 0 aliphatic heterocycles. The maximum Gasteiger partial charge on any atom is 0.401 e. The first-order valence-electron chi connectivity index (χ1n) is 5.44. The number of hydrogen-bond donors (Lipinski definition) is 3. The van der Waals surface area contributed by atoms with E-state index in [0.717, 1.165) is 11.3 Å². The molecular formula is C10H12F3N3O3S. The average Bonchev–Trinajstić information content (AvgIpc) is 2.76. The van der Waals surface area contributed by atoms with Crippen molar-refractivity contribution in [1.82, 2.24) is 15.6 Å². The summed E-state index contributed by atoms with van der Waals surface area (Å²) >= 11 is 1.05. The van der Waals surface area contributed by atoms with Crippen LogP contribution < -0.4 is 10.6 Å². The molecule has 1 rings (SSSR count). The fourth-order valence-corrected chi connectivity index (χ4v) is 2.06. The minimum absolute atomic E-state index is 0.138. The molecule has 1 unspecified atom stereocenters. The van der Waals surface area contributed by atoms with Crippen LogP contribution in [0.15, 0.2) is 5.38 Å². The molecule has 0 radical (unpaired) electrons. The monoisotopic (exact) mass is 311 g/mol. The second kappa shape index (κ2) is 6.66.